The monoisotopic (exact) mass is 1220 g/mol. The van der Waals surface area contributed by atoms with E-state index in [2.05, 4.69) is 31.2 Å². The summed E-state index contributed by atoms with van der Waals surface area (Å²) in [5, 5.41) is 11.5. The average Bonchev–Trinajstić information content (AvgIpc) is 4.03. The molecule has 1 saturated carbocycles. The van der Waals surface area contributed by atoms with Crippen LogP contribution in [-0.4, -0.2) is 80.2 Å². The van der Waals surface area contributed by atoms with Gasteiger partial charge in [0.15, 0.2) is 0 Å². The predicted octanol–water partition coefficient (Wildman–Crippen LogP) is 11.1. The molecule has 0 aliphatic heterocycles. The zero-order valence-electron chi connectivity index (χ0n) is 43.5. The summed E-state index contributed by atoms with van der Waals surface area (Å²) >= 11 is 3.61. The second-order valence-electron chi connectivity index (χ2n) is 20.4. The Hall–Kier alpha value is -5.68. The van der Waals surface area contributed by atoms with Gasteiger partial charge in [0.25, 0.3) is 6.43 Å². The number of ether oxygens (including phenoxy) is 1. The summed E-state index contributed by atoms with van der Waals surface area (Å²) in [5.41, 5.74) is -1.85. The van der Waals surface area contributed by atoms with E-state index in [1.54, 1.807) is 30.3 Å². The van der Waals surface area contributed by atoms with Crippen LogP contribution in [0.4, 0.5) is 32.2 Å². The molecule has 9 rings (SSSR count). The SMILES string of the molecule is CCC[CH2][Sn]([CH2]CCC)([CH2]CCC)[c]1ccc2c(=O)n(-c3ccc(Cl)c4c(N(Cc5ccc(OC)cc5)S(C)(=O)=O)nn(C)c34)c([C@H](Cc3cc(F)cc(F)c3)NC(=O)Cn3nc(C(F)F)c4c3C(F)(F)[C@@H]3C[C@H]43)nc2n1. The molecule has 3 atom stereocenters. The minimum atomic E-state index is -4.11. The first-order valence-corrected chi connectivity index (χ1v) is 35.6. The number of rotatable bonds is 23. The molecule has 1 amide bonds. The maximum absolute atomic E-state index is 15.8. The third kappa shape index (κ3) is 10.9. The molecule has 0 bridgehead atoms. The number of amides is 1. The Balaban J connectivity index is 1.28. The number of alkyl halides is 4. The van der Waals surface area contributed by atoms with Gasteiger partial charge in [-0.25, -0.2) is 17.2 Å². The molecule has 7 aromatic rings. The number of hydrogen-bond donors (Lipinski definition) is 1. The fourth-order valence-electron chi connectivity index (χ4n) is 11.2. The van der Waals surface area contributed by atoms with Gasteiger partial charge in [0.1, 0.15) is 5.75 Å². The van der Waals surface area contributed by atoms with Crippen molar-refractivity contribution in [1.29, 1.82) is 0 Å². The Morgan fingerprint density at radius 3 is 2.17 bits per heavy atom. The number of hydrogen-bond acceptors (Lipinski definition) is 9. The van der Waals surface area contributed by atoms with Crippen molar-refractivity contribution in [2.75, 3.05) is 17.7 Å². The molecule has 1 fully saturated rings. The fraction of sp³-hybridized carbons (Fsp3) is 0.444. The molecule has 3 aromatic carbocycles. The number of aromatic nitrogens is 7. The van der Waals surface area contributed by atoms with Crippen molar-refractivity contribution in [2.45, 2.75) is 123 Å². The first-order valence-electron chi connectivity index (χ1n) is 25.9. The zero-order chi connectivity index (χ0) is 55.3. The number of methoxy groups -OCH3 is 1. The van der Waals surface area contributed by atoms with E-state index in [9.17, 15) is 22.0 Å². The second kappa shape index (κ2) is 22.2. The van der Waals surface area contributed by atoms with Crippen LogP contribution in [-0.2, 0) is 47.3 Å². The third-order valence-corrected chi connectivity index (χ3v) is 31.6. The standard InChI is InChI=1S/C42H33ClF6N9O5S.3C4H9.Sn/c1-55-35-30(11-10-28(43)33(35)40(54-55)57(64(3,61)62)18-20-6-8-24(63-2)9-7-20)58-39(52-38-25(41(58)60)5-4-12-50-38)29(15-21-13-22(44)16-23(45)14-21)51-31(59)19-56-36-32(34(53-56)37(46)47)26-17-27(26)42(36,48)49;3*1-3-4-2;/h4-11,13-14,16,26-27,29,37H,15,17-19H2,1-3H3,(H,51,59);3*1,3-4H2,2H3;/t26-,27+,29-;;;;/m0..../s1. The molecule has 77 heavy (non-hydrogen) atoms. The van der Waals surface area contributed by atoms with Crippen molar-refractivity contribution in [3.8, 4) is 11.4 Å². The predicted molar refractivity (Wildman–Crippen MR) is 286 cm³/mol. The topological polar surface area (TPSA) is 159 Å². The molecule has 0 saturated heterocycles. The summed E-state index contributed by atoms with van der Waals surface area (Å²) in [6.07, 6.45) is 3.22. The van der Waals surface area contributed by atoms with E-state index in [0.29, 0.717) is 22.1 Å². The van der Waals surface area contributed by atoms with Gasteiger partial charge in [-0.3, -0.25) is 0 Å². The first-order chi connectivity index (χ1) is 36.6. The molecule has 410 valence electrons. The maximum atomic E-state index is 15.8. The summed E-state index contributed by atoms with van der Waals surface area (Å²) in [6, 6.07) is 14.5. The normalized spacial score (nSPS) is 16.3. The number of halogens is 7. The van der Waals surface area contributed by atoms with Crippen LogP contribution >= 0.6 is 11.6 Å². The van der Waals surface area contributed by atoms with Gasteiger partial charge < -0.3 is 4.74 Å². The molecule has 23 heteroatoms. The molecule has 2 aliphatic carbocycles. The quantitative estimate of drug-likeness (QED) is 0.0486. The molecular formula is C54H60ClF6N9O5SSn. The van der Waals surface area contributed by atoms with Crippen LogP contribution in [0.5, 0.6) is 5.75 Å². The van der Waals surface area contributed by atoms with E-state index < -0.39 is 106 Å². The fourth-order valence-corrected chi connectivity index (χ4v) is 27.7. The van der Waals surface area contributed by atoms with Gasteiger partial charge in [-0.05, 0) is 30.0 Å². The summed E-state index contributed by atoms with van der Waals surface area (Å²) < 4.78 is 132. The number of carbonyl (C=O) groups is 1. The number of unbranched alkanes of at least 4 members (excludes halogenated alkanes) is 3. The molecule has 0 spiro atoms. The molecule has 1 N–H and O–H groups in total. The van der Waals surface area contributed by atoms with Crippen molar-refractivity contribution in [3.63, 3.8) is 0 Å². The van der Waals surface area contributed by atoms with Crippen molar-refractivity contribution >= 4 is 77.4 Å². The average molecular weight is 1220 g/mol. The summed E-state index contributed by atoms with van der Waals surface area (Å²) in [5.74, 6) is -8.34. The van der Waals surface area contributed by atoms with Gasteiger partial charge in [0.2, 0.25) is 0 Å². The van der Waals surface area contributed by atoms with Crippen molar-refractivity contribution in [2.24, 2.45) is 13.0 Å². The van der Waals surface area contributed by atoms with Gasteiger partial charge in [0, 0.05) is 5.92 Å². The number of aryl methyl sites for hydroxylation is 1. The number of nitrogens with one attached hydrogen (secondary N) is 1. The zero-order valence-corrected chi connectivity index (χ0v) is 48.0. The molecule has 2 aliphatic rings. The molecule has 4 aromatic heterocycles. The Morgan fingerprint density at radius 2 is 1.57 bits per heavy atom. The van der Waals surface area contributed by atoms with E-state index >= 15 is 22.4 Å². The van der Waals surface area contributed by atoms with Gasteiger partial charge in [0.05, 0.1) is 13.4 Å². The van der Waals surface area contributed by atoms with E-state index in [4.69, 9.17) is 31.4 Å². The second-order valence-corrected chi connectivity index (χ2v) is 35.8. The van der Waals surface area contributed by atoms with Gasteiger partial charge in [-0.15, -0.1) is 0 Å². The van der Waals surface area contributed by atoms with E-state index in [1.807, 2.05) is 6.07 Å². The molecule has 4 heterocycles. The number of anilines is 1. The number of carbonyl (C=O) groups excluding carboxylic acids is 1. The first kappa shape index (κ1) is 56.1. The number of benzene rings is 3. The van der Waals surface area contributed by atoms with Crippen LogP contribution in [0.15, 0.2) is 71.5 Å². The Kier molecular flexibility index (Phi) is 16.2. The van der Waals surface area contributed by atoms with E-state index in [1.165, 1.54) is 35.5 Å². The van der Waals surface area contributed by atoms with Crippen LogP contribution in [0.2, 0.25) is 18.3 Å². The Labute approximate surface area is 451 Å². The Bertz CT molecular complexity index is 3520. The van der Waals surface area contributed by atoms with E-state index in [-0.39, 0.29) is 68.4 Å². The minimum absolute atomic E-state index is 0.00341. The number of fused-ring (bicyclic) bond motifs is 5. The van der Waals surface area contributed by atoms with Gasteiger partial charge in [-0.2, -0.15) is 8.78 Å². The van der Waals surface area contributed by atoms with Crippen LogP contribution < -0.4 is 23.6 Å². The number of sulfonamides is 1. The van der Waals surface area contributed by atoms with Crippen LogP contribution in [0.1, 0.15) is 118 Å². The summed E-state index contributed by atoms with van der Waals surface area (Å²) in [6.45, 7) is 5.25. The number of pyridine rings is 1. The molecule has 0 unspecified atom stereocenters. The number of nitrogens with zero attached hydrogens (tertiary/aromatic N) is 8. The molecule has 0 radical (unpaired) electrons. The summed E-state index contributed by atoms with van der Waals surface area (Å²) in [7, 11) is -1.09. The van der Waals surface area contributed by atoms with E-state index in [0.717, 1.165) is 78.2 Å². The van der Waals surface area contributed by atoms with Gasteiger partial charge in [-0.1, -0.05) is 12.1 Å². The Morgan fingerprint density at radius 1 is 0.922 bits per heavy atom. The van der Waals surface area contributed by atoms with Crippen LogP contribution in [0, 0.1) is 17.6 Å². The van der Waals surface area contributed by atoms with Crippen LogP contribution in [0.3, 0.4) is 0 Å². The van der Waals surface area contributed by atoms with Gasteiger partial charge >= 0.3 is 349 Å². The summed E-state index contributed by atoms with van der Waals surface area (Å²) in [4.78, 5) is 40.7. The molecule has 14 nitrogen and oxygen atoms in total. The van der Waals surface area contributed by atoms with Crippen molar-refractivity contribution < 1.29 is 44.3 Å². The van der Waals surface area contributed by atoms with Crippen molar-refractivity contribution in [3.05, 3.63) is 128 Å². The van der Waals surface area contributed by atoms with Crippen molar-refractivity contribution in [1.82, 2.24) is 39.4 Å². The van der Waals surface area contributed by atoms with Crippen LogP contribution in [0.25, 0.3) is 27.6 Å². The third-order valence-electron chi connectivity index (χ3n) is 15.1. The molecular weight excluding hydrogens is 1150 g/mol.